The normalized spacial score (nSPS) is 20.1. The summed E-state index contributed by atoms with van der Waals surface area (Å²) in [4.78, 5) is 13.6. The largest absolute Gasteiger partial charge is 0.391 e. The van der Waals surface area contributed by atoms with Crippen LogP contribution in [-0.4, -0.2) is 35.1 Å². The van der Waals surface area contributed by atoms with Crippen LogP contribution in [0.2, 0.25) is 5.02 Å². The monoisotopic (exact) mass is 239 g/mol. The van der Waals surface area contributed by atoms with Crippen molar-refractivity contribution < 1.29 is 9.90 Å². The van der Waals surface area contributed by atoms with E-state index in [1.165, 1.54) is 0 Å². The lowest BCUT2D eigenvalue weighted by Crippen LogP contribution is -2.30. The fourth-order valence-corrected chi connectivity index (χ4v) is 2.09. The minimum atomic E-state index is -0.366. The van der Waals surface area contributed by atoms with E-state index in [2.05, 4.69) is 0 Å². The summed E-state index contributed by atoms with van der Waals surface area (Å²) in [5.74, 6) is 0.0321. The Morgan fingerprint density at radius 1 is 1.50 bits per heavy atom. The van der Waals surface area contributed by atoms with Gasteiger partial charge in [-0.05, 0) is 18.1 Å². The van der Waals surface area contributed by atoms with Gasteiger partial charge in [0.25, 0.3) is 0 Å². The molecule has 1 fully saturated rings. The number of rotatable bonds is 2. The van der Waals surface area contributed by atoms with Gasteiger partial charge in [0, 0.05) is 18.1 Å². The van der Waals surface area contributed by atoms with Crippen LogP contribution < -0.4 is 0 Å². The summed E-state index contributed by atoms with van der Waals surface area (Å²) in [6, 6.07) is 7.35. The van der Waals surface area contributed by atoms with Gasteiger partial charge in [0.05, 0.1) is 12.5 Å². The fraction of sp³-hybridized carbons (Fsp3) is 0.417. The van der Waals surface area contributed by atoms with Crippen LogP contribution in [0, 0.1) is 0 Å². The number of nitrogens with zero attached hydrogens (tertiary/aromatic N) is 1. The van der Waals surface area contributed by atoms with Gasteiger partial charge in [-0.1, -0.05) is 29.8 Å². The molecule has 0 aliphatic carbocycles. The third-order valence-electron chi connectivity index (χ3n) is 2.82. The summed E-state index contributed by atoms with van der Waals surface area (Å²) in [6.45, 7) is 1.09. The molecule has 1 atom stereocenters. The SMILES string of the molecule is O=C(Cc1ccccc1Cl)N1CC[C@H](O)C1. The van der Waals surface area contributed by atoms with E-state index in [1.807, 2.05) is 18.2 Å². The van der Waals surface area contributed by atoms with Crippen LogP contribution in [0.25, 0.3) is 0 Å². The molecule has 1 aromatic carbocycles. The van der Waals surface area contributed by atoms with Gasteiger partial charge in [-0.3, -0.25) is 4.79 Å². The Morgan fingerprint density at radius 3 is 2.88 bits per heavy atom. The number of carbonyl (C=O) groups is 1. The Labute approximate surface area is 99.6 Å². The van der Waals surface area contributed by atoms with Crippen LogP contribution in [0.15, 0.2) is 24.3 Å². The minimum absolute atomic E-state index is 0.0321. The molecule has 0 aromatic heterocycles. The van der Waals surface area contributed by atoms with Crippen molar-refractivity contribution in [3.8, 4) is 0 Å². The molecule has 0 unspecified atom stereocenters. The predicted octanol–water partition coefficient (Wildman–Crippen LogP) is 1.48. The van der Waals surface area contributed by atoms with Gasteiger partial charge in [0.2, 0.25) is 5.91 Å². The zero-order valence-electron chi connectivity index (χ0n) is 8.90. The summed E-state index contributed by atoms with van der Waals surface area (Å²) in [5, 5.41) is 9.97. The summed E-state index contributed by atoms with van der Waals surface area (Å²) < 4.78 is 0. The number of hydrogen-bond donors (Lipinski definition) is 1. The highest BCUT2D eigenvalue weighted by Gasteiger charge is 2.24. The Kier molecular flexibility index (Phi) is 3.46. The highest BCUT2D eigenvalue weighted by molar-refractivity contribution is 6.31. The molecule has 1 heterocycles. The molecular formula is C12H14ClNO2. The maximum Gasteiger partial charge on any atom is 0.227 e. The van der Waals surface area contributed by atoms with Crippen LogP contribution in [0.5, 0.6) is 0 Å². The van der Waals surface area contributed by atoms with E-state index in [-0.39, 0.29) is 12.0 Å². The summed E-state index contributed by atoms with van der Waals surface area (Å²) in [5.41, 5.74) is 0.843. The van der Waals surface area contributed by atoms with E-state index in [1.54, 1.807) is 11.0 Å². The van der Waals surface area contributed by atoms with E-state index < -0.39 is 0 Å². The third-order valence-corrected chi connectivity index (χ3v) is 3.18. The van der Waals surface area contributed by atoms with Crippen LogP contribution >= 0.6 is 11.6 Å². The number of aliphatic hydroxyl groups is 1. The number of hydrogen-bond acceptors (Lipinski definition) is 2. The zero-order chi connectivity index (χ0) is 11.5. The number of likely N-dealkylation sites (tertiary alicyclic amines) is 1. The molecule has 2 rings (SSSR count). The van der Waals surface area contributed by atoms with Crippen molar-refractivity contribution in [2.75, 3.05) is 13.1 Å². The van der Waals surface area contributed by atoms with Crippen molar-refractivity contribution in [1.82, 2.24) is 4.90 Å². The molecule has 1 aliphatic rings. The van der Waals surface area contributed by atoms with Crippen molar-refractivity contribution in [1.29, 1.82) is 0 Å². The Hall–Kier alpha value is -1.06. The van der Waals surface area contributed by atoms with Crippen molar-refractivity contribution in [3.63, 3.8) is 0 Å². The average molecular weight is 240 g/mol. The fourth-order valence-electron chi connectivity index (χ4n) is 1.88. The van der Waals surface area contributed by atoms with E-state index >= 15 is 0 Å². The molecule has 1 saturated heterocycles. The van der Waals surface area contributed by atoms with Gasteiger partial charge in [-0.15, -0.1) is 0 Å². The van der Waals surface area contributed by atoms with Gasteiger partial charge < -0.3 is 10.0 Å². The third kappa shape index (κ3) is 2.54. The first-order valence-corrected chi connectivity index (χ1v) is 5.74. The van der Waals surface area contributed by atoms with E-state index in [0.717, 1.165) is 5.56 Å². The van der Waals surface area contributed by atoms with Crippen LogP contribution in [-0.2, 0) is 11.2 Å². The zero-order valence-corrected chi connectivity index (χ0v) is 9.65. The molecule has 0 spiro atoms. The Balaban J connectivity index is 2.00. The van der Waals surface area contributed by atoms with Crippen molar-refractivity contribution >= 4 is 17.5 Å². The standard InChI is InChI=1S/C12H14ClNO2/c13-11-4-2-1-3-9(11)7-12(16)14-6-5-10(15)8-14/h1-4,10,15H,5-8H2/t10-/m0/s1. The second-order valence-corrected chi connectivity index (χ2v) is 4.46. The lowest BCUT2D eigenvalue weighted by molar-refractivity contribution is -0.129. The molecule has 0 saturated carbocycles. The quantitative estimate of drug-likeness (QED) is 0.849. The number of aliphatic hydroxyl groups excluding tert-OH is 1. The molecule has 16 heavy (non-hydrogen) atoms. The van der Waals surface area contributed by atoms with Crippen LogP contribution in [0.4, 0.5) is 0 Å². The highest BCUT2D eigenvalue weighted by atomic mass is 35.5. The number of halogens is 1. The maximum atomic E-state index is 11.9. The summed E-state index contributed by atoms with van der Waals surface area (Å²) >= 11 is 5.98. The second kappa shape index (κ2) is 4.85. The molecular weight excluding hydrogens is 226 g/mol. The van der Waals surface area contributed by atoms with Gasteiger partial charge in [-0.25, -0.2) is 0 Å². The molecule has 1 aromatic rings. The summed E-state index contributed by atoms with van der Waals surface area (Å²) in [6.07, 6.45) is 0.621. The van der Waals surface area contributed by atoms with Gasteiger partial charge in [-0.2, -0.15) is 0 Å². The molecule has 1 aliphatic heterocycles. The summed E-state index contributed by atoms with van der Waals surface area (Å²) in [7, 11) is 0. The first kappa shape index (κ1) is 11.4. The number of carbonyl (C=O) groups excluding carboxylic acids is 1. The molecule has 4 heteroatoms. The molecule has 0 bridgehead atoms. The topological polar surface area (TPSA) is 40.5 Å². The molecule has 3 nitrogen and oxygen atoms in total. The predicted molar refractivity (Wildman–Crippen MR) is 62.4 cm³/mol. The number of benzene rings is 1. The number of β-amino-alcohol motifs (C(OH)–C–C–N with tert-alkyl or cyclic N) is 1. The van der Waals surface area contributed by atoms with Crippen molar-refractivity contribution in [2.24, 2.45) is 0 Å². The molecule has 1 amide bonds. The van der Waals surface area contributed by atoms with Gasteiger partial charge in [0.15, 0.2) is 0 Å². The first-order chi connectivity index (χ1) is 7.66. The average Bonchev–Trinajstić information content (AvgIpc) is 2.68. The second-order valence-electron chi connectivity index (χ2n) is 4.05. The smallest absolute Gasteiger partial charge is 0.227 e. The van der Waals surface area contributed by atoms with Gasteiger partial charge >= 0.3 is 0 Å². The molecule has 86 valence electrons. The van der Waals surface area contributed by atoms with Gasteiger partial charge in [0.1, 0.15) is 0 Å². The lowest BCUT2D eigenvalue weighted by Gasteiger charge is -2.15. The van der Waals surface area contributed by atoms with Crippen LogP contribution in [0.1, 0.15) is 12.0 Å². The van der Waals surface area contributed by atoms with Crippen LogP contribution in [0.3, 0.4) is 0 Å². The Morgan fingerprint density at radius 2 is 2.25 bits per heavy atom. The highest BCUT2D eigenvalue weighted by Crippen LogP contribution is 2.17. The molecule has 1 N–H and O–H groups in total. The van der Waals surface area contributed by atoms with E-state index in [4.69, 9.17) is 11.6 Å². The first-order valence-electron chi connectivity index (χ1n) is 5.36. The number of amides is 1. The molecule has 0 radical (unpaired) electrons. The van der Waals surface area contributed by atoms with E-state index in [0.29, 0.717) is 31.0 Å². The van der Waals surface area contributed by atoms with E-state index in [9.17, 15) is 9.90 Å². The lowest BCUT2D eigenvalue weighted by atomic mass is 10.1. The minimum Gasteiger partial charge on any atom is -0.391 e. The van der Waals surface area contributed by atoms with Crippen molar-refractivity contribution in [3.05, 3.63) is 34.9 Å². The van der Waals surface area contributed by atoms with Crippen molar-refractivity contribution in [2.45, 2.75) is 18.9 Å². The maximum absolute atomic E-state index is 11.9. The Bertz CT molecular complexity index is 394.